The quantitative estimate of drug-likeness (QED) is 0.386. The number of halogens is 1. The third-order valence-corrected chi connectivity index (χ3v) is 5.24. The van der Waals surface area contributed by atoms with Crippen LogP contribution in [0.2, 0.25) is 5.02 Å². The Morgan fingerprint density at radius 2 is 2.13 bits per heavy atom. The lowest BCUT2D eigenvalue weighted by Crippen LogP contribution is -1.95. The van der Waals surface area contributed by atoms with Crippen molar-refractivity contribution < 1.29 is 0 Å². The zero-order valence-electron chi connectivity index (χ0n) is 12.1. The Labute approximate surface area is 151 Å². The molecule has 23 heavy (non-hydrogen) atoms. The van der Waals surface area contributed by atoms with Crippen molar-refractivity contribution in [2.24, 2.45) is 10.2 Å². The van der Waals surface area contributed by atoms with Gasteiger partial charge in [0.1, 0.15) is 5.69 Å². The number of rotatable bonds is 4. The lowest BCUT2D eigenvalue weighted by molar-refractivity contribution is 0.860. The van der Waals surface area contributed by atoms with Gasteiger partial charge in [-0.2, -0.15) is 5.10 Å². The minimum Gasteiger partial charge on any atom is -0.237 e. The summed E-state index contributed by atoms with van der Waals surface area (Å²) in [5, 5.41) is 21.8. The highest BCUT2D eigenvalue weighted by molar-refractivity contribution is 8.00. The van der Waals surface area contributed by atoms with Crippen molar-refractivity contribution in [1.82, 2.24) is 20.0 Å². The highest BCUT2D eigenvalue weighted by Gasteiger charge is 2.10. The summed E-state index contributed by atoms with van der Waals surface area (Å²) in [6.45, 7) is 1.86. The first-order chi connectivity index (χ1) is 11.1. The zero-order chi connectivity index (χ0) is 16.4. The molecule has 1 aromatic carbocycles. The number of benzene rings is 1. The van der Waals surface area contributed by atoms with E-state index in [1.807, 2.05) is 25.3 Å². The van der Waals surface area contributed by atoms with Gasteiger partial charge < -0.3 is 0 Å². The minimum absolute atomic E-state index is 0.511. The van der Waals surface area contributed by atoms with Crippen LogP contribution in [0.5, 0.6) is 0 Å². The smallest absolute Gasteiger partial charge is 0.237 e. The summed E-state index contributed by atoms with van der Waals surface area (Å²) < 4.78 is 2.52. The molecule has 0 spiro atoms. The third-order valence-electron chi connectivity index (χ3n) is 2.86. The van der Waals surface area contributed by atoms with E-state index in [0.29, 0.717) is 15.8 Å². The Hall–Kier alpha value is -1.42. The molecule has 0 saturated carbocycles. The first kappa shape index (κ1) is 16.4. The molecule has 2 heterocycles. The number of aryl methyl sites for hydroxylation is 1. The van der Waals surface area contributed by atoms with E-state index < -0.39 is 0 Å². The second-order valence-electron chi connectivity index (χ2n) is 4.43. The number of aromatic nitrogens is 4. The van der Waals surface area contributed by atoms with E-state index >= 15 is 0 Å². The predicted molar refractivity (Wildman–Crippen MR) is 96.4 cm³/mol. The molecule has 0 fully saturated rings. The first-order valence-corrected chi connectivity index (χ1v) is 9.28. The molecule has 118 valence electrons. The lowest BCUT2D eigenvalue weighted by Gasteiger charge is -2.04. The van der Waals surface area contributed by atoms with Gasteiger partial charge in [-0.15, -0.1) is 33.1 Å². The van der Waals surface area contributed by atoms with E-state index in [1.165, 1.54) is 23.1 Å². The predicted octanol–water partition coefficient (Wildman–Crippen LogP) is 5.11. The first-order valence-electron chi connectivity index (χ1n) is 6.41. The average molecular weight is 383 g/mol. The van der Waals surface area contributed by atoms with Crippen LogP contribution >= 0.6 is 47.3 Å². The Balaban J connectivity index is 1.90. The molecule has 0 bridgehead atoms. The fraction of sp³-hybridized carbons (Fsp3) is 0.154. The maximum Gasteiger partial charge on any atom is 0.252 e. The molecule has 0 amide bonds. The lowest BCUT2D eigenvalue weighted by atomic mass is 10.3. The van der Waals surface area contributed by atoms with E-state index in [2.05, 4.69) is 38.2 Å². The normalized spacial score (nSPS) is 11.5. The molecule has 0 aliphatic heterocycles. The topological polar surface area (TPSA) is 68.3 Å². The van der Waals surface area contributed by atoms with Gasteiger partial charge in [0.25, 0.3) is 5.13 Å². The number of hydrogen-bond acceptors (Lipinski definition) is 8. The Kier molecular flexibility index (Phi) is 5.00. The van der Waals surface area contributed by atoms with Crippen LogP contribution in [-0.2, 0) is 0 Å². The Morgan fingerprint density at radius 1 is 1.30 bits per heavy atom. The molecule has 2 aromatic heterocycles. The van der Waals surface area contributed by atoms with Crippen molar-refractivity contribution in [2.45, 2.75) is 16.2 Å². The molecular formula is C13H11ClN6S3. The molecule has 0 aliphatic carbocycles. The van der Waals surface area contributed by atoms with Gasteiger partial charge in [0.05, 0.1) is 22.6 Å². The second-order valence-corrected chi connectivity index (χ2v) is 7.37. The maximum atomic E-state index is 6.22. The summed E-state index contributed by atoms with van der Waals surface area (Å²) in [5.74, 6) is 0. The Bertz CT molecular complexity index is 872. The van der Waals surface area contributed by atoms with E-state index in [4.69, 9.17) is 11.6 Å². The van der Waals surface area contributed by atoms with E-state index in [9.17, 15) is 0 Å². The van der Waals surface area contributed by atoms with Crippen molar-refractivity contribution in [3.63, 3.8) is 0 Å². The van der Waals surface area contributed by atoms with Gasteiger partial charge in [0.2, 0.25) is 0 Å². The zero-order valence-corrected chi connectivity index (χ0v) is 15.4. The van der Waals surface area contributed by atoms with Gasteiger partial charge >= 0.3 is 0 Å². The SMILES string of the molecule is CSc1nnc(N=Nc2cn(-c3cc(S)ccc3Cl)nc2C)s1. The van der Waals surface area contributed by atoms with Crippen molar-refractivity contribution in [1.29, 1.82) is 0 Å². The summed E-state index contributed by atoms with van der Waals surface area (Å²) in [6, 6.07) is 5.45. The van der Waals surface area contributed by atoms with Gasteiger partial charge in [-0.1, -0.05) is 34.7 Å². The summed E-state index contributed by atoms with van der Waals surface area (Å²) in [7, 11) is 0. The molecule has 0 radical (unpaired) electrons. The van der Waals surface area contributed by atoms with Crippen LogP contribution in [0.15, 0.2) is 43.9 Å². The van der Waals surface area contributed by atoms with Crippen LogP contribution in [-0.4, -0.2) is 26.2 Å². The summed E-state index contributed by atoms with van der Waals surface area (Å²) in [6.07, 6.45) is 3.71. The van der Waals surface area contributed by atoms with Gasteiger partial charge in [-0.25, -0.2) is 4.68 Å². The molecule has 3 rings (SSSR count). The fourth-order valence-corrected chi connectivity index (χ4v) is 3.25. The highest BCUT2D eigenvalue weighted by Crippen LogP contribution is 2.29. The molecule has 0 N–H and O–H groups in total. The molecule has 0 atom stereocenters. The number of thioether (sulfide) groups is 1. The minimum atomic E-state index is 0.511. The molecule has 6 nitrogen and oxygen atoms in total. The standard InChI is InChI=1S/C13H11ClN6S3/c1-7-10(15-16-12-17-18-13(22-2)23-12)6-20(19-7)11-5-8(21)3-4-9(11)14/h3-6,21H,1-2H3. The monoisotopic (exact) mass is 382 g/mol. The van der Waals surface area contributed by atoms with Crippen molar-refractivity contribution >= 4 is 58.1 Å². The van der Waals surface area contributed by atoms with Crippen molar-refractivity contribution in [2.75, 3.05) is 6.26 Å². The molecule has 10 heteroatoms. The second kappa shape index (κ2) is 7.00. The number of azo groups is 1. The largest absolute Gasteiger partial charge is 0.252 e. The van der Waals surface area contributed by atoms with E-state index in [0.717, 1.165) is 20.6 Å². The fourth-order valence-electron chi connectivity index (χ4n) is 1.77. The number of nitrogens with zero attached hydrogens (tertiary/aromatic N) is 6. The van der Waals surface area contributed by atoms with Gasteiger partial charge in [-0.05, 0) is 31.4 Å². The molecule has 0 aliphatic rings. The van der Waals surface area contributed by atoms with Crippen LogP contribution < -0.4 is 0 Å². The number of thiol groups is 1. The molecule has 0 unspecified atom stereocenters. The summed E-state index contributed by atoms with van der Waals surface area (Å²) in [4.78, 5) is 0.805. The third kappa shape index (κ3) is 3.74. The van der Waals surface area contributed by atoms with Crippen LogP contribution in [0.4, 0.5) is 10.8 Å². The average Bonchev–Trinajstić information content (AvgIpc) is 3.14. The van der Waals surface area contributed by atoms with Gasteiger partial charge in [0.15, 0.2) is 4.34 Å². The van der Waals surface area contributed by atoms with Crippen LogP contribution in [0, 0.1) is 6.92 Å². The van der Waals surface area contributed by atoms with Crippen LogP contribution in [0.3, 0.4) is 0 Å². The molecule has 0 saturated heterocycles. The number of hydrogen-bond donors (Lipinski definition) is 1. The summed E-state index contributed by atoms with van der Waals surface area (Å²) in [5.41, 5.74) is 2.12. The Morgan fingerprint density at radius 3 is 2.87 bits per heavy atom. The van der Waals surface area contributed by atoms with Crippen LogP contribution in [0.1, 0.15) is 5.69 Å². The van der Waals surface area contributed by atoms with Crippen molar-refractivity contribution in [3.05, 3.63) is 35.1 Å². The van der Waals surface area contributed by atoms with Gasteiger partial charge in [0, 0.05) is 4.90 Å². The van der Waals surface area contributed by atoms with E-state index in [1.54, 1.807) is 16.9 Å². The van der Waals surface area contributed by atoms with E-state index in [-0.39, 0.29) is 0 Å². The van der Waals surface area contributed by atoms with Crippen molar-refractivity contribution in [3.8, 4) is 5.69 Å². The summed E-state index contributed by atoms with van der Waals surface area (Å²) >= 11 is 13.5. The van der Waals surface area contributed by atoms with Crippen LogP contribution in [0.25, 0.3) is 5.69 Å². The molecule has 3 aromatic rings. The molecular weight excluding hydrogens is 372 g/mol. The maximum absolute atomic E-state index is 6.22. The van der Waals surface area contributed by atoms with Gasteiger partial charge in [-0.3, -0.25) is 0 Å². The highest BCUT2D eigenvalue weighted by atomic mass is 35.5.